The first-order chi connectivity index (χ1) is 11.9. The number of rotatable bonds is 5. The zero-order chi connectivity index (χ0) is 18.0. The van der Waals surface area contributed by atoms with Crippen LogP contribution in [0.5, 0.6) is 0 Å². The van der Waals surface area contributed by atoms with Crippen LogP contribution in [0.15, 0.2) is 41.6 Å². The summed E-state index contributed by atoms with van der Waals surface area (Å²) in [5.41, 5.74) is 0.767. The third-order valence-corrected chi connectivity index (χ3v) is 6.07. The largest absolute Gasteiger partial charge is 0.313 e. The van der Waals surface area contributed by atoms with Crippen LogP contribution < -0.4 is 5.32 Å². The van der Waals surface area contributed by atoms with Gasteiger partial charge in [-0.05, 0) is 17.7 Å². The Morgan fingerprint density at radius 1 is 1.40 bits per heavy atom. The first kappa shape index (κ1) is 18.2. The zero-order valence-electron chi connectivity index (χ0n) is 13.1. The van der Waals surface area contributed by atoms with Crippen LogP contribution in [0.2, 0.25) is 5.02 Å². The predicted molar refractivity (Wildman–Crippen MR) is 89.2 cm³/mol. The number of nitrogens with one attached hydrogen (secondary N) is 1. The average Bonchev–Trinajstić information content (AvgIpc) is 3.03. The van der Waals surface area contributed by atoms with Crippen molar-refractivity contribution in [3.8, 4) is 0 Å². The Hall–Kier alpha value is -1.55. The van der Waals surface area contributed by atoms with Gasteiger partial charge in [-0.1, -0.05) is 23.7 Å². The van der Waals surface area contributed by atoms with Gasteiger partial charge in [0.05, 0.1) is 12.2 Å². The Balaban J connectivity index is 1.92. The molecular formula is C15H17ClF2N4O2S. The van der Waals surface area contributed by atoms with Gasteiger partial charge < -0.3 is 5.32 Å². The lowest BCUT2D eigenvalue weighted by Crippen LogP contribution is -2.48. The summed E-state index contributed by atoms with van der Waals surface area (Å²) in [5.74, 6) is 0. The summed E-state index contributed by atoms with van der Waals surface area (Å²) in [5, 5.41) is 7.41. The Bertz CT molecular complexity index is 844. The van der Waals surface area contributed by atoms with Crippen LogP contribution in [0.25, 0.3) is 0 Å². The second kappa shape index (κ2) is 7.36. The summed E-state index contributed by atoms with van der Waals surface area (Å²) < 4.78 is 53.2. The molecule has 0 radical (unpaired) electrons. The van der Waals surface area contributed by atoms with Gasteiger partial charge in [-0.3, -0.25) is 4.68 Å². The quantitative estimate of drug-likeness (QED) is 0.849. The highest BCUT2D eigenvalue weighted by molar-refractivity contribution is 7.89. The molecule has 0 saturated carbocycles. The van der Waals surface area contributed by atoms with Crippen molar-refractivity contribution in [2.75, 3.05) is 19.6 Å². The van der Waals surface area contributed by atoms with Gasteiger partial charge in [-0.2, -0.15) is 9.40 Å². The Kier molecular flexibility index (Phi) is 5.38. The molecule has 0 amide bonds. The first-order valence-electron chi connectivity index (χ1n) is 7.66. The summed E-state index contributed by atoms with van der Waals surface area (Å²) in [6.07, 6.45) is -0.360. The number of benzene rings is 1. The molecule has 1 N–H and O–H groups in total. The van der Waals surface area contributed by atoms with Gasteiger partial charge in [0.2, 0.25) is 10.0 Å². The maximum Gasteiger partial charge on any atom is 0.257 e. The first-order valence-corrected chi connectivity index (χ1v) is 9.48. The van der Waals surface area contributed by atoms with E-state index >= 15 is 0 Å². The van der Waals surface area contributed by atoms with E-state index in [-0.39, 0.29) is 11.4 Å². The molecule has 1 atom stereocenters. The van der Waals surface area contributed by atoms with Gasteiger partial charge in [0.1, 0.15) is 11.4 Å². The standard InChI is InChI=1S/C15H17ClF2N4O2S/c16-12-3-1-2-11(6-12)14-8-19-4-5-22(14)25(23,24)13-7-20-21(9-13)10-15(17)18/h1-3,6-7,9,14-15,19H,4-5,8,10H2. The fourth-order valence-corrected chi connectivity index (χ4v) is 4.59. The smallest absolute Gasteiger partial charge is 0.257 e. The molecule has 1 aromatic heterocycles. The van der Waals surface area contributed by atoms with Crippen molar-refractivity contribution in [1.29, 1.82) is 0 Å². The van der Waals surface area contributed by atoms with Gasteiger partial charge in [-0.15, -0.1) is 0 Å². The lowest BCUT2D eigenvalue weighted by Gasteiger charge is -2.35. The molecule has 1 aliphatic heterocycles. The summed E-state index contributed by atoms with van der Waals surface area (Å²) in [6.45, 7) is 0.556. The summed E-state index contributed by atoms with van der Waals surface area (Å²) in [7, 11) is -3.87. The van der Waals surface area contributed by atoms with E-state index in [1.54, 1.807) is 18.2 Å². The minimum absolute atomic E-state index is 0.0953. The van der Waals surface area contributed by atoms with Gasteiger partial charge in [-0.25, -0.2) is 17.2 Å². The van der Waals surface area contributed by atoms with E-state index < -0.39 is 29.0 Å². The van der Waals surface area contributed by atoms with Crippen LogP contribution in [-0.2, 0) is 16.6 Å². The molecule has 1 fully saturated rings. The van der Waals surface area contributed by atoms with E-state index in [4.69, 9.17) is 11.6 Å². The van der Waals surface area contributed by atoms with Gasteiger partial charge in [0.25, 0.3) is 6.43 Å². The topological polar surface area (TPSA) is 67.2 Å². The third-order valence-electron chi connectivity index (χ3n) is 3.97. The van der Waals surface area contributed by atoms with Crippen LogP contribution in [0.1, 0.15) is 11.6 Å². The molecule has 25 heavy (non-hydrogen) atoms. The SMILES string of the molecule is O=S(=O)(c1cnn(CC(F)F)c1)N1CCNCC1c1cccc(Cl)c1. The van der Waals surface area contributed by atoms with Gasteiger partial charge in [0.15, 0.2) is 0 Å². The van der Waals surface area contributed by atoms with Crippen molar-refractivity contribution in [1.82, 2.24) is 19.4 Å². The molecule has 2 heterocycles. The molecule has 1 aromatic carbocycles. The van der Waals surface area contributed by atoms with E-state index in [0.29, 0.717) is 18.1 Å². The van der Waals surface area contributed by atoms with E-state index in [1.165, 1.54) is 4.31 Å². The normalized spacial score (nSPS) is 19.4. The van der Waals surface area contributed by atoms with Crippen molar-refractivity contribution < 1.29 is 17.2 Å². The number of alkyl halides is 2. The number of sulfonamides is 1. The number of halogens is 3. The minimum atomic E-state index is -3.87. The molecule has 2 aromatic rings. The maximum absolute atomic E-state index is 13.0. The zero-order valence-corrected chi connectivity index (χ0v) is 14.7. The highest BCUT2D eigenvalue weighted by Gasteiger charge is 2.35. The lowest BCUT2D eigenvalue weighted by atomic mass is 10.1. The molecule has 0 spiro atoms. The molecule has 136 valence electrons. The Morgan fingerprint density at radius 3 is 2.92 bits per heavy atom. The molecule has 10 heteroatoms. The van der Waals surface area contributed by atoms with Gasteiger partial charge in [0, 0.05) is 30.9 Å². The van der Waals surface area contributed by atoms with Crippen LogP contribution in [0.4, 0.5) is 8.78 Å². The highest BCUT2D eigenvalue weighted by atomic mass is 35.5. The van der Waals surface area contributed by atoms with Crippen molar-refractivity contribution in [2.24, 2.45) is 0 Å². The fourth-order valence-electron chi connectivity index (χ4n) is 2.83. The molecular weight excluding hydrogens is 374 g/mol. The van der Waals surface area contributed by atoms with Crippen molar-refractivity contribution in [3.63, 3.8) is 0 Å². The second-order valence-corrected chi connectivity index (χ2v) is 8.01. The maximum atomic E-state index is 13.0. The second-order valence-electron chi connectivity index (χ2n) is 5.68. The molecule has 6 nitrogen and oxygen atoms in total. The molecule has 1 aliphatic rings. The number of piperazine rings is 1. The summed E-state index contributed by atoms with van der Waals surface area (Å²) >= 11 is 6.02. The molecule has 1 unspecified atom stereocenters. The minimum Gasteiger partial charge on any atom is -0.313 e. The van der Waals surface area contributed by atoms with E-state index in [2.05, 4.69) is 10.4 Å². The van der Waals surface area contributed by atoms with E-state index in [0.717, 1.165) is 22.6 Å². The monoisotopic (exact) mass is 390 g/mol. The highest BCUT2D eigenvalue weighted by Crippen LogP contribution is 2.30. The molecule has 3 rings (SSSR count). The van der Waals surface area contributed by atoms with Crippen LogP contribution in [0, 0.1) is 0 Å². The molecule has 0 aliphatic carbocycles. The lowest BCUT2D eigenvalue weighted by molar-refractivity contribution is 0.121. The fraction of sp³-hybridized carbons (Fsp3) is 0.400. The summed E-state index contributed by atoms with van der Waals surface area (Å²) in [6, 6.07) is 6.58. The number of hydrogen-bond donors (Lipinski definition) is 1. The Morgan fingerprint density at radius 2 is 2.20 bits per heavy atom. The van der Waals surface area contributed by atoms with Crippen molar-refractivity contribution >= 4 is 21.6 Å². The number of aromatic nitrogens is 2. The average molecular weight is 391 g/mol. The van der Waals surface area contributed by atoms with E-state index in [9.17, 15) is 17.2 Å². The third kappa shape index (κ3) is 4.00. The van der Waals surface area contributed by atoms with Crippen LogP contribution in [-0.4, -0.2) is 48.6 Å². The number of hydrogen-bond acceptors (Lipinski definition) is 4. The Labute approximate surface area is 149 Å². The summed E-state index contributed by atoms with van der Waals surface area (Å²) in [4.78, 5) is -0.0953. The number of nitrogens with zero attached hydrogens (tertiary/aromatic N) is 3. The molecule has 1 saturated heterocycles. The van der Waals surface area contributed by atoms with Crippen molar-refractivity contribution in [2.45, 2.75) is 23.9 Å². The van der Waals surface area contributed by atoms with Crippen LogP contribution >= 0.6 is 11.6 Å². The van der Waals surface area contributed by atoms with E-state index in [1.807, 2.05) is 6.07 Å². The van der Waals surface area contributed by atoms with Crippen molar-refractivity contribution in [3.05, 3.63) is 47.2 Å². The predicted octanol–water partition coefficient (Wildman–Crippen LogP) is 2.14. The van der Waals surface area contributed by atoms with Gasteiger partial charge >= 0.3 is 0 Å². The molecule has 0 bridgehead atoms. The van der Waals surface area contributed by atoms with Crippen LogP contribution in [0.3, 0.4) is 0 Å².